The van der Waals surface area contributed by atoms with Crippen molar-refractivity contribution in [2.45, 2.75) is 6.10 Å². The van der Waals surface area contributed by atoms with Crippen LogP contribution in [0, 0.1) is 0 Å². The number of nitrogens with two attached hydrogens (primary N) is 1. The Bertz CT molecular complexity index is 584. The van der Waals surface area contributed by atoms with Crippen LogP contribution in [0.3, 0.4) is 0 Å². The van der Waals surface area contributed by atoms with E-state index in [2.05, 4.69) is 15.4 Å². The standard InChI is InChI=1S/C11H16N4O4S/c12-20(17,18)15-9-3-1-2-8(6-9)14-11(16)10-7-13-4-5-19-10/h1-3,6,10,13,15H,4-5,7H2,(H,14,16)(H2,12,17,18). The minimum absolute atomic E-state index is 0.271. The highest BCUT2D eigenvalue weighted by Gasteiger charge is 2.21. The maximum Gasteiger partial charge on any atom is 0.296 e. The highest BCUT2D eigenvalue weighted by Crippen LogP contribution is 2.16. The molecule has 5 N–H and O–H groups in total. The van der Waals surface area contributed by atoms with Crippen molar-refractivity contribution >= 4 is 27.5 Å². The molecule has 1 amide bonds. The maximum absolute atomic E-state index is 11.9. The second-order valence-corrected chi connectivity index (χ2v) is 5.57. The van der Waals surface area contributed by atoms with Crippen LogP contribution >= 0.6 is 0 Å². The van der Waals surface area contributed by atoms with Gasteiger partial charge < -0.3 is 15.4 Å². The van der Waals surface area contributed by atoms with Crippen LogP contribution in [0.5, 0.6) is 0 Å². The first-order chi connectivity index (χ1) is 9.44. The Labute approximate surface area is 116 Å². The molecule has 0 radical (unpaired) electrons. The zero-order valence-corrected chi connectivity index (χ0v) is 11.4. The number of hydrogen-bond donors (Lipinski definition) is 4. The van der Waals surface area contributed by atoms with Crippen LogP contribution in [0.4, 0.5) is 11.4 Å². The van der Waals surface area contributed by atoms with E-state index in [9.17, 15) is 13.2 Å². The molecule has 1 atom stereocenters. The number of nitrogens with one attached hydrogen (secondary N) is 3. The van der Waals surface area contributed by atoms with Crippen molar-refractivity contribution in [3.63, 3.8) is 0 Å². The summed E-state index contributed by atoms with van der Waals surface area (Å²) in [5.74, 6) is -0.287. The van der Waals surface area contributed by atoms with E-state index in [1.54, 1.807) is 12.1 Å². The predicted octanol–water partition coefficient (Wildman–Crippen LogP) is -0.771. The van der Waals surface area contributed by atoms with Gasteiger partial charge in [-0.15, -0.1) is 0 Å². The van der Waals surface area contributed by atoms with E-state index in [0.29, 0.717) is 18.8 Å². The summed E-state index contributed by atoms with van der Waals surface area (Å²) in [4.78, 5) is 11.9. The topological polar surface area (TPSA) is 123 Å². The smallest absolute Gasteiger partial charge is 0.296 e. The van der Waals surface area contributed by atoms with Crippen LogP contribution in [-0.4, -0.2) is 40.1 Å². The molecule has 110 valence electrons. The van der Waals surface area contributed by atoms with Crippen LogP contribution in [0.15, 0.2) is 24.3 Å². The Hall–Kier alpha value is -1.68. The zero-order chi connectivity index (χ0) is 14.6. The van der Waals surface area contributed by atoms with Gasteiger partial charge in [0.25, 0.3) is 16.1 Å². The van der Waals surface area contributed by atoms with Crippen molar-refractivity contribution in [3.8, 4) is 0 Å². The molecule has 0 aromatic heterocycles. The molecule has 1 fully saturated rings. The maximum atomic E-state index is 11.9. The summed E-state index contributed by atoms with van der Waals surface area (Å²) in [5.41, 5.74) is 0.728. The lowest BCUT2D eigenvalue weighted by molar-refractivity contribution is -0.128. The quantitative estimate of drug-likeness (QED) is 0.581. The van der Waals surface area contributed by atoms with E-state index < -0.39 is 16.3 Å². The molecular formula is C11H16N4O4S. The van der Waals surface area contributed by atoms with Gasteiger partial charge >= 0.3 is 0 Å². The molecule has 1 aromatic rings. The fraction of sp³-hybridized carbons (Fsp3) is 0.364. The van der Waals surface area contributed by atoms with Crippen LogP contribution < -0.4 is 20.5 Å². The number of anilines is 2. The first-order valence-corrected chi connectivity index (χ1v) is 7.52. The Balaban J connectivity index is 2.02. The molecule has 2 rings (SSSR count). The average Bonchev–Trinajstić information content (AvgIpc) is 2.38. The van der Waals surface area contributed by atoms with Gasteiger partial charge in [-0.2, -0.15) is 8.42 Å². The van der Waals surface area contributed by atoms with Crippen molar-refractivity contribution in [2.75, 3.05) is 29.7 Å². The van der Waals surface area contributed by atoms with E-state index in [0.717, 1.165) is 6.54 Å². The van der Waals surface area contributed by atoms with Gasteiger partial charge in [0.15, 0.2) is 0 Å². The Morgan fingerprint density at radius 3 is 2.80 bits per heavy atom. The molecule has 1 heterocycles. The summed E-state index contributed by atoms with van der Waals surface area (Å²) in [7, 11) is -3.84. The summed E-state index contributed by atoms with van der Waals surface area (Å²) < 4.78 is 29.3. The van der Waals surface area contributed by atoms with Gasteiger partial charge in [0, 0.05) is 18.8 Å². The van der Waals surface area contributed by atoms with E-state index in [1.165, 1.54) is 12.1 Å². The molecule has 0 saturated carbocycles. The lowest BCUT2D eigenvalue weighted by Gasteiger charge is -2.22. The molecule has 1 aliphatic heterocycles. The van der Waals surface area contributed by atoms with Crippen LogP contribution in [0.1, 0.15) is 0 Å². The summed E-state index contributed by atoms with van der Waals surface area (Å²) in [6.07, 6.45) is -0.557. The fourth-order valence-electron chi connectivity index (χ4n) is 1.78. The van der Waals surface area contributed by atoms with Gasteiger partial charge in [-0.25, -0.2) is 5.14 Å². The molecule has 1 saturated heterocycles. The number of carbonyl (C=O) groups excluding carboxylic acids is 1. The number of amides is 1. The summed E-state index contributed by atoms with van der Waals surface area (Å²) in [6, 6.07) is 6.24. The summed E-state index contributed by atoms with van der Waals surface area (Å²) in [5, 5.41) is 10.6. The molecule has 0 spiro atoms. The minimum atomic E-state index is -3.84. The van der Waals surface area contributed by atoms with Gasteiger partial charge in [-0.3, -0.25) is 9.52 Å². The molecule has 9 heteroatoms. The van der Waals surface area contributed by atoms with Gasteiger partial charge in [-0.1, -0.05) is 6.07 Å². The van der Waals surface area contributed by atoms with Crippen molar-refractivity contribution in [1.82, 2.24) is 5.32 Å². The van der Waals surface area contributed by atoms with E-state index in [4.69, 9.17) is 9.88 Å². The van der Waals surface area contributed by atoms with Crippen molar-refractivity contribution in [3.05, 3.63) is 24.3 Å². The van der Waals surface area contributed by atoms with Gasteiger partial charge in [0.1, 0.15) is 6.10 Å². The van der Waals surface area contributed by atoms with Crippen molar-refractivity contribution in [2.24, 2.45) is 5.14 Å². The van der Waals surface area contributed by atoms with Gasteiger partial charge in [0.2, 0.25) is 0 Å². The largest absolute Gasteiger partial charge is 0.366 e. The van der Waals surface area contributed by atoms with Crippen LogP contribution in [0.25, 0.3) is 0 Å². The first kappa shape index (κ1) is 14.7. The number of carbonyl (C=O) groups is 1. The number of morpholine rings is 1. The summed E-state index contributed by atoms with van der Waals surface area (Å²) in [6.45, 7) is 1.64. The number of ether oxygens (including phenoxy) is 1. The van der Waals surface area contributed by atoms with Crippen LogP contribution in [-0.2, 0) is 19.7 Å². The average molecular weight is 300 g/mol. The van der Waals surface area contributed by atoms with Crippen LogP contribution in [0.2, 0.25) is 0 Å². The van der Waals surface area contributed by atoms with E-state index in [1.807, 2.05) is 0 Å². The monoisotopic (exact) mass is 300 g/mol. The number of rotatable bonds is 4. The number of hydrogen-bond acceptors (Lipinski definition) is 5. The molecule has 1 aliphatic rings. The molecular weight excluding hydrogens is 284 g/mol. The highest BCUT2D eigenvalue weighted by atomic mass is 32.2. The fourth-order valence-corrected chi connectivity index (χ4v) is 2.24. The van der Waals surface area contributed by atoms with Gasteiger partial charge in [-0.05, 0) is 18.2 Å². The Morgan fingerprint density at radius 1 is 1.40 bits per heavy atom. The lowest BCUT2D eigenvalue weighted by Crippen LogP contribution is -2.45. The SMILES string of the molecule is NS(=O)(=O)Nc1cccc(NC(=O)C2CNCCO2)c1. The Morgan fingerprint density at radius 2 is 2.15 bits per heavy atom. The third kappa shape index (κ3) is 4.46. The normalized spacial score (nSPS) is 19.4. The minimum Gasteiger partial charge on any atom is -0.366 e. The predicted molar refractivity (Wildman–Crippen MR) is 74.4 cm³/mol. The highest BCUT2D eigenvalue weighted by molar-refractivity contribution is 7.90. The molecule has 1 unspecified atom stereocenters. The van der Waals surface area contributed by atoms with E-state index >= 15 is 0 Å². The molecule has 0 aliphatic carbocycles. The van der Waals surface area contributed by atoms with Gasteiger partial charge in [0.05, 0.1) is 12.3 Å². The Kier molecular flexibility index (Phi) is 4.55. The lowest BCUT2D eigenvalue weighted by atomic mass is 10.2. The molecule has 8 nitrogen and oxygen atoms in total. The van der Waals surface area contributed by atoms with Crippen molar-refractivity contribution < 1.29 is 17.9 Å². The molecule has 20 heavy (non-hydrogen) atoms. The number of benzene rings is 1. The third-order valence-corrected chi connectivity index (χ3v) is 3.13. The second-order valence-electron chi connectivity index (χ2n) is 4.28. The molecule has 0 bridgehead atoms. The summed E-state index contributed by atoms with van der Waals surface area (Å²) >= 11 is 0. The second kappa shape index (κ2) is 6.18. The van der Waals surface area contributed by atoms with Crippen molar-refractivity contribution in [1.29, 1.82) is 0 Å². The molecule has 1 aromatic carbocycles. The first-order valence-electron chi connectivity index (χ1n) is 5.98. The van der Waals surface area contributed by atoms with E-state index in [-0.39, 0.29) is 11.6 Å². The third-order valence-electron chi connectivity index (χ3n) is 2.61. The zero-order valence-electron chi connectivity index (χ0n) is 10.6.